The lowest BCUT2D eigenvalue weighted by atomic mass is 10.2. The molecule has 0 spiro atoms. The second kappa shape index (κ2) is 10.1. The van der Waals surface area contributed by atoms with Crippen LogP contribution in [0.4, 0.5) is 0 Å². The van der Waals surface area contributed by atoms with Gasteiger partial charge in [0.15, 0.2) is 5.96 Å². The minimum atomic E-state index is -0.550. The average Bonchev–Trinajstić information content (AvgIpc) is 2.25. The molecule has 0 bridgehead atoms. The van der Waals surface area contributed by atoms with Gasteiger partial charge in [-0.2, -0.15) is 0 Å². The molecule has 0 aliphatic rings. The second-order valence-electron chi connectivity index (χ2n) is 5.10. The molecular weight excluding hydrogens is 230 g/mol. The van der Waals surface area contributed by atoms with Crippen LogP contribution in [-0.2, 0) is 4.74 Å². The quantitative estimate of drug-likeness (QED) is 0.449. The first kappa shape index (κ1) is 17.2. The van der Waals surface area contributed by atoms with Gasteiger partial charge in [0.1, 0.15) is 0 Å². The fourth-order valence-electron chi connectivity index (χ4n) is 1.28. The Labute approximate surface area is 111 Å². The highest BCUT2D eigenvalue weighted by Gasteiger charge is 2.06. The molecule has 0 aromatic rings. The molecule has 0 radical (unpaired) electrons. The van der Waals surface area contributed by atoms with E-state index in [4.69, 9.17) is 4.74 Å². The molecule has 0 aliphatic heterocycles. The van der Waals surface area contributed by atoms with Crippen LogP contribution in [0.25, 0.3) is 0 Å². The number of aliphatic hydroxyl groups excluding tert-OH is 1. The minimum Gasteiger partial charge on any atom is -0.389 e. The number of ether oxygens (including phenoxy) is 1. The Balaban J connectivity index is 3.97. The zero-order valence-electron chi connectivity index (χ0n) is 12.4. The number of aliphatic imine (C=N–C) groups is 1. The van der Waals surface area contributed by atoms with Gasteiger partial charge in [-0.15, -0.1) is 0 Å². The van der Waals surface area contributed by atoms with Gasteiger partial charge in [-0.3, -0.25) is 4.99 Å². The van der Waals surface area contributed by atoms with Crippen molar-refractivity contribution in [1.82, 2.24) is 10.6 Å². The molecule has 0 amide bonds. The lowest BCUT2D eigenvalue weighted by Crippen LogP contribution is -2.41. The molecule has 0 saturated heterocycles. The number of guanidine groups is 1. The van der Waals surface area contributed by atoms with Gasteiger partial charge in [0.25, 0.3) is 0 Å². The van der Waals surface area contributed by atoms with Crippen molar-refractivity contribution in [3.63, 3.8) is 0 Å². The fourth-order valence-corrected chi connectivity index (χ4v) is 1.28. The van der Waals surface area contributed by atoms with Crippen LogP contribution in [0.3, 0.4) is 0 Å². The molecule has 0 aromatic carbocycles. The highest BCUT2D eigenvalue weighted by Crippen LogP contribution is 1.94. The van der Waals surface area contributed by atoms with Crippen molar-refractivity contribution < 1.29 is 9.84 Å². The normalized spacial score (nSPS) is 14.1. The van der Waals surface area contributed by atoms with Crippen molar-refractivity contribution in [1.29, 1.82) is 0 Å². The van der Waals surface area contributed by atoms with Gasteiger partial charge in [0.2, 0.25) is 0 Å². The summed E-state index contributed by atoms with van der Waals surface area (Å²) in [6.07, 6.45) is -0.550. The van der Waals surface area contributed by atoms with Gasteiger partial charge in [0.05, 0.1) is 19.3 Å². The largest absolute Gasteiger partial charge is 0.389 e. The van der Waals surface area contributed by atoms with Gasteiger partial charge in [-0.05, 0) is 26.7 Å². The van der Waals surface area contributed by atoms with Crippen molar-refractivity contribution in [2.24, 2.45) is 10.9 Å². The van der Waals surface area contributed by atoms with Crippen LogP contribution < -0.4 is 10.6 Å². The predicted molar refractivity (Wildman–Crippen MR) is 75.9 cm³/mol. The third kappa shape index (κ3) is 10.4. The summed E-state index contributed by atoms with van der Waals surface area (Å²) in [6, 6.07) is 0.317. The summed E-state index contributed by atoms with van der Waals surface area (Å²) < 4.78 is 5.37. The Bertz CT molecular complexity index is 230. The van der Waals surface area contributed by atoms with Crippen LogP contribution >= 0.6 is 0 Å². The highest BCUT2D eigenvalue weighted by atomic mass is 16.5. The monoisotopic (exact) mass is 259 g/mol. The SMILES string of the molecule is CCNC(=NCC(O)COCC(C)C)NC(C)C. The van der Waals surface area contributed by atoms with E-state index in [0.717, 1.165) is 12.5 Å². The summed E-state index contributed by atoms with van der Waals surface area (Å²) in [4.78, 5) is 4.32. The predicted octanol–water partition coefficient (Wildman–Crippen LogP) is 0.983. The number of hydrogen-bond donors (Lipinski definition) is 3. The standard InChI is InChI=1S/C13H29N3O2/c1-6-14-13(16-11(4)5)15-7-12(17)9-18-8-10(2)3/h10-12,17H,6-9H2,1-5H3,(H2,14,15,16). The topological polar surface area (TPSA) is 65.9 Å². The maximum atomic E-state index is 9.73. The van der Waals surface area contributed by atoms with Crippen LogP contribution in [0, 0.1) is 5.92 Å². The van der Waals surface area contributed by atoms with E-state index in [1.54, 1.807) is 0 Å². The van der Waals surface area contributed by atoms with Gasteiger partial charge >= 0.3 is 0 Å². The Kier molecular flexibility index (Phi) is 9.69. The van der Waals surface area contributed by atoms with E-state index >= 15 is 0 Å². The van der Waals surface area contributed by atoms with Crippen molar-refractivity contribution in [2.45, 2.75) is 46.8 Å². The number of rotatable bonds is 8. The summed E-state index contributed by atoms with van der Waals surface area (Å²) in [5, 5.41) is 16.1. The Morgan fingerprint density at radius 1 is 1.22 bits per heavy atom. The molecule has 0 aliphatic carbocycles. The van der Waals surface area contributed by atoms with Crippen molar-refractivity contribution in [3.05, 3.63) is 0 Å². The molecule has 3 N–H and O–H groups in total. The second-order valence-corrected chi connectivity index (χ2v) is 5.10. The summed E-state index contributed by atoms with van der Waals surface area (Å²) >= 11 is 0. The molecule has 0 aromatic heterocycles. The Morgan fingerprint density at radius 3 is 2.39 bits per heavy atom. The minimum absolute atomic E-state index is 0.317. The van der Waals surface area contributed by atoms with Gasteiger partial charge in [0, 0.05) is 19.2 Å². The highest BCUT2D eigenvalue weighted by molar-refractivity contribution is 5.79. The van der Waals surface area contributed by atoms with E-state index in [9.17, 15) is 5.11 Å². The molecule has 18 heavy (non-hydrogen) atoms. The summed E-state index contributed by atoms with van der Waals surface area (Å²) in [7, 11) is 0. The van der Waals surface area contributed by atoms with Gasteiger partial charge in [-0.25, -0.2) is 0 Å². The smallest absolute Gasteiger partial charge is 0.191 e. The Morgan fingerprint density at radius 2 is 1.89 bits per heavy atom. The summed E-state index contributed by atoms with van der Waals surface area (Å²) in [5.74, 6) is 1.22. The summed E-state index contributed by atoms with van der Waals surface area (Å²) in [5.41, 5.74) is 0. The number of aliphatic hydroxyl groups is 1. The average molecular weight is 259 g/mol. The first-order valence-corrected chi connectivity index (χ1v) is 6.76. The fraction of sp³-hybridized carbons (Fsp3) is 0.923. The van der Waals surface area contributed by atoms with E-state index < -0.39 is 6.10 Å². The first-order chi connectivity index (χ1) is 8.45. The van der Waals surface area contributed by atoms with Gasteiger partial charge in [-0.1, -0.05) is 13.8 Å². The van der Waals surface area contributed by atoms with Crippen LogP contribution in [-0.4, -0.2) is 49.5 Å². The van der Waals surface area contributed by atoms with E-state index in [2.05, 4.69) is 43.3 Å². The molecule has 0 rings (SSSR count). The van der Waals surface area contributed by atoms with E-state index in [-0.39, 0.29) is 0 Å². The zero-order chi connectivity index (χ0) is 14.0. The molecule has 1 atom stereocenters. The molecule has 0 fully saturated rings. The molecule has 1 unspecified atom stereocenters. The molecular formula is C13H29N3O2. The molecule has 5 nitrogen and oxygen atoms in total. The first-order valence-electron chi connectivity index (χ1n) is 6.76. The van der Waals surface area contributed by atoms with Gasteiger partial charge < -0.3 is 20.5 Å². The third-order valence-electron chi connectivity index (χ3n) is 1.99. The number of nitrogens with one attached hydrogen (secondary N) is 2. The molecule has 0 saturated carbocycles. The van der Waals surface area contributed by atoms with Crippen LogP contribution in [0.15, 0.2) is 4.99 Å². The summed E-state index contributed by atoms with van der Waals surface area (Å²) in [6.45, 7) is 12.4. The third-order valence-corrected chi connectivity index (χ3v) is 1.99. The van der Waals surface area contributed by atoms with Crippen molar-refractivity contribution >= 4 is 5.96 Å². The van der Waals surface area contributed by atoms with E-state index in [1.807, 2.05) is 6.92 Å². The molecule has 108 valence electrons. The lowest BCUT2D eigenvalue weighted by Gasteiger charge is -2.15. The van der Waals surface area contributed by atoms with Crippen molar-refractivity contribution in [2.75, 3.05) is 26.3 Å². The van der Waals surface area contributed by atoms with Crippen LogP contribution in [0.1, 0.15) is 34.6 Å². The van der Waals surface area contributed by atoms with Crippen LogP contribution in [0.2, 0.25) is 0 Å². The molecule has 5 heteroatoms. The van der Waals surface area contributed by atoms with Crippen LogP contribution in [0.5, 0.6) is 0 Å². The number of nitrogens with zero attached hydrogens (tertiary/aromatic N) is 1. The Hall–Kier alpha value is -0.810. The number of hydrogen-bond acceptors (Lipinski definition) is 3. The maximum Gasteiger partial charge on any atom is 0.191 e. The van der Waals surface area contributed by atoms with E-state index in [0.29, 0.717) is 31.7 Å². The zero-order valence-corrected chi connectivity index (χ0v) is 12.4. The lowest BCUT2D eigenvalue weighted by molar-refractivity contribution is 0.0301. The van der Waals surface area contributed by atoms with E-state index in [1.165, 1.54) is 0 Å². The molecule has 0 heterocycles. The maximum absolute atomic E-state index is 9.73. The van der Waals surface area contributed by atoms with Crippen molar-refractivity contribution in [3.8, 4) is 0 Å².